The van der Waals surface area contributed by atoms with Crippen molar-refractivity contribution in [3.8, 4) is 11.4 Å². The summed E-state index contributed by atoms with van der Waals surface area (Å²) in [5.74, 6) is 1.30. The molecule has 1 amide bonds. The molecule has 1 atom stereocenters. The lowest BCUT2D eigenvalue weighted by Gasteiger charge is -2.35. The summed E-state index contributed by atoms with van der Waals surface area (Å²) in [5.41, 5.74) is 4.82. The second-order valence-electron chi connectivity index (χ2n) is 7.66. The zero-order chi connectivity index (χ0) is 20.5. The first-order valence-corrected chi connectivity index (χ1v) is 9.96. The topological polar surface area (TPSA) is 85.0 Å². The molecule has 4 heterocycles. The van der Waals surface area contributed by atoms with Gasteiger partial charge in [-0.05, 0) is 65.2 Å². The van der Waals surface area contributed by atoms with Crippen LogP contribution in [0.25, 0.3) is 11.4 Å². The maximum atomic E-state index is 13.2. The first kappa shape index (κ1) is 19.2. The third-order valence-corrected chi connectivity index (χ3v) is 5.39. The number of piperidine rings is 1. The van der Waals surface area contributed by atoms with E-state index in [0.29, 0.717) is 23.7 Å². The van der Waals surface area contributed by atoms with Gasteiger partial charge in [-0.2, -0.15) is 0 Å². The third kappa shape index (κ3) is 3.77. The number of nitrogens with zero attached hydrogens (tertiary/aromatic N) is 5. The number of rotatable bonds is 3. The molecule has 0 aliphatic carbocycles. The number of amides is 1. The van der Waals surface area contributed by atoms with Gasteiger partial charge in [0.2, 0.25) is 0 Å². The number of pyridine rings is 1. The van der Waals surface area contributed by atoms with Crippen LogP contribution in [0.1, 0.15) is 64.2 Å². The highest BCUT2D eigenvalue weighted by atomic mass is 16.5. The number of hydrogen-bond donors (Lipinski definition) is 0. The van der Waals surface area contributed by atoms with Gasteiger partial charge in [0.15, 0.2) is 5.82 Å². The minimum atomic E-state index is -0.0847. The van der Waals surface area contributed by atoms with Gasteiger partial charge >= 0.3 is 0 Å². The first-order valence-electron chi connectivity index (χ1n) is 9.96. The summed E-state index contributed by atoms with van der Waals surface area (Å²) in [6.45, 7) is 8.32. The molecule has 0 spiro atoms. The lowest BCUT2D eigenvalue weighted by molar-refractivity contribution is 0.0605. The Morgan fingerprint density at radius 3 is 2.62 bits per heavy atom. The Labute approximate surface area is 170 Å². The Hall–Kier alpha value is -3.09. The second kappa shape index (κ2) is 7.73. The van der Waals surface area contributed by atoms with Gasteiger partial charge in [-0.3, -0.25) is 9.78 Å². The fourth-order valence-corrected chi connectivity index (χ4v) is 3.92. The highest BCUT2D eigenvalue weighted by Crippen LogP contribution is 2.33. The Balaban J connectivity index is 1.72. The molecule has 3 aromatic rings. The fraction of sp³-hybridized carbons (Fsp3) is 0.409. The van der Waals surface area contributed by atoms with E-state index in [0.717, 1.165) is 47.6 Å². The van der Waals surface area contributed by atoms with Crippen LogP contribution in [0.5, 0.6) is 0 Å². The maximum absolute atomic E-state index is 13.2. The molecule has 0 N–H and O–H groups in total. The highest BCUT2D eigenvalue weighted by Gasteiger charge is 2.31. The van der Waals surface area contributed by atoms with E-state index >= 15 is 0 Å². The molecule has 3 aromatic heterocycles. The Morgan fingerprint density at radius 2 is 1.93 bits per heavy atom. The van der Waals surface area contributed by atoms with Gasteiger partial charge in [0.25, 0.3) is 5.91 Å². The Kier molecular flexibility index (Phi) is 5.13. The molecular formula is C22H25N5O2. The normalized spacial score (nSPS) is 16.8. The zero-order valence-corrected chi connectivity index (χ0v) is 17.3. The van der Waals surface area contributed by atoms with Crippen molar-refractivity contribution in [2.75, 3.05) is 6.54 Å². The summed E-state index contributed by atoms with van der Waals surface area (Å²) in [6.07, 6.45) is 4.58. The standard InChI is InChI=1S/C22H25N5O2/c1-13-8-9-17(12-23-13)22(28)27-10-6-5-7-19(27)18-11-14(2)24-21(25-18)20-15(3)26-29-16(20)4/h8-9,11-12,19H,5-7,10H2,1-4H3. The molecule has 0 bridgehead atoms. The molecule has 29 heavy (non-hydrogen) atoms. The largest absolute Gasteiger partial charge is 0.361 e. The minimum absolute atomic E-state index is 0.00245. The molecule has 0 radical (unpaired) electrons. The summed E-state index contributed by atoms with van der Waals surface area (Å²) in [5, 5.41) is 4.03. The van der Waals surface area contributed by atoms with E-state index in [2.05, 4.69) is 15.1 Å². The van der Waals surface area contributed by atoms with E-state index in [4.69, 9.17) is 9.51 Å². The molecule has 1 unspecified atom stereocenters. The van der Waals surface area contributed by atoms with Crippen LogP contribution in [0.15, 0.2) is 28.9 Å². The number of aryl methyl sites for hydroxylation is 4. The van der Waals surface area contributed by atoms with Crippen molar-refractivity contribution in [1.29, 1.82) is 0 Å². The lowest BCUT2D eigenvalue weighted by Crippen LogP contribution is -2.39. The van der Waals surface area contributed by atoms with E-state index in [1.54, 1.807) is 6.20 Å². The molecule has 0 saturated carbocycles. The van der Waals surface area contributed by atoms with Gasteiger partial charge in [0.1, 0.15) is 5.76 Å². The van der Waals surface area contributed by atoms with E-state index < -0.39 is 0 Å². The van der Waals surface area contributed by atoms with Gasteiger partial charge < -0.3 is 9.42 Å². The number of carbonyl (C=O) groups excluding carboxylic acids is 1. The highest BCUT2D eigenvalue weighted by molar-refractivity contribution is 5.94. The predicted molar refractivity (Wildman–Crippen MR) is 108 cm³/mol. The van der Waals surface area contributed by atoms with E-state index in [1.165, 1.54) is 0 Å². The van der Waals surface area contributed by atoms with Crippen LogP contribution in [-0.2, 0) is 0 Å². The summed E-state index contributed by atoms with van der Waals surface area (Å²) in [7, 11) is 0. The van der Waals surface area contributed by atoms with Crippen LogP contribution in [0, 0.1) is 27.7 Å². The molecule has 1 aliphatic rings. The summed E-state index contributed by atoms with van der Waals surface area (Å²) < 4.78 is 5.30. The average Bonchev–Trinajstić information content (AvgIpc) is 3.05. The molecule has 1 saturated heterocycles. The first-order chi connectivity index (χ1) is 13.9. The van der Waals surface area contributed by atoms with Crippen molar-refractivity contribution in [2.24, 2.45) is 0 Å². The van der Waals surface area contributed by atoms with E-state index in [9.17, 15) is 4.79 Å². The van der Waals surface area contributed by atoms with Crippen molar-refractivity contribution >= 4 is 5.91 Å². The van der Waals surface area contributed by atoms with Crippen molar-refractivity contribution in [1.82, 2.24) is 25.0 Å². The summed E-state index contributed by atoms with van der Waals surface area (Å²) in [6, 6.07) is 5.61. The number of hydrogen-bond acceptors (Lipinski definition) is 6. The van der Waals surface area contributed by atoms with Gasteiger partial charge in [0, 0.05) is 24.1 Å². The maximum Gasteiger partial charge on any atom is 0.255 e. The smallest absolute Gasteiger partial charge is 0.255 e. The molecule has 1 aliphatic heterocycles. The average molecular weight is 391 g/mol. The molecule has 1 fully saturated rings. The molecule has 7 nitrogen and oxygen atoms in total. The monoisotopic (exact) mass is 391 g/mol. The Bertz CT molecular complexity index is 1020. The van der Waals surface area contributed by atoms with Gasteiger partial charge in [-0.1, -0.05) is 5.16 Å². The number of likely N-dealkylation sites (tertiary alicyclic amines) is 1. The second-order valence-corrected chi connectivity index (χ2v) is 7.66. The number of aromatic nitrogens is 4. The van der Waals surface area contributed by atoms with E-state index in [-0.39, 0.29) is 11.9 Å². The predicted octanol–water partition coefficient (Wildman–Crippen LogP) is 4.13. The van der Waals surface area contributed by atoms with Gasteiger partial charge in [-0.25, -0.2) is 9.97 Å². The molecule has 7 heteroatoms. The fourth-order valence-electron chi connectivity index (χ4n) is 3.92. The van der Waals surface area contributed by atoms with Crippen molar-refractivity contribution in [2.45, 2.75) is 53.0 Å². The molecule has 150 valence electrons. The summed E-state index contributed by atoms with van der Waals surface area (Å²) in [4.78, 5) is 28.9. The number of carbonyl (C=O) groups is 1. The van der Waals surface area contributed by atoms with E-state index in [1.807, 2.05) is 50.8 Å². The van der Waals surface area contributed by atoms with Gasteiger partial charge in [0.05, 0.1) is 28.6 Å². The van der Waals surface area contributed by atoms with Crippen molar-refractivity contribution < 1.29 is 9.32 Å². The quantitative estimate of drug-likeness (QED) is 0.667. The molecule has 4 rings (SSSR count). The zero-order valence-electron chi connectivity index (χ0n) is 17.3. The van der Waals surface area contributed by atoms with Crippen LogP contribution in [0.3, 0.4) is 0 Å². The lowest BCUT2D eigenvalue weighted by atomic mass is 9.97. The van der Waals surface area contributed by atoms with Crippen molar-refractivity contribution in [3.05, 3.63) is 58.5 Å². The van der Waals surface area contributed by atoms with Gasteiger partial charge in [-0.15, -0.1) is 0 Å². The van der Waals surface area contributed by atoms with Crippen LogP contribution in [-0.4, -0.2) is 37.5 Å². The summed E-state index contributed by atoms with van der Waals surface area (Å²) >= 11 is 0. The Morgan fingerprint density at radius 1 is 1.10 bits per heavy atom. The molecule has 0 aromatic carbocycles. The minimum Gasteiger partial charge on any atom is -0.361 e. The van der Waals surface area contributed by atoms with Crippen LogP contribution >= 0.6 is 0 Å². The van der Waals surface area contributed by atoms with Crippen molar-refractivity contribution in [3.63, 3.8) is 0 Å². The molecular weight excluding hydrogens is 366 g/mol. The third-order valence-electron chi connectivity index (χ3n) is 5.39. The van der Waals surface area contributed by atoms with Crippen LogP contribution in [0.4, 0.5) is 0 Å². The van der Waals surface area contributed by atoms with Crippen LogP contribution in [0.2, 0.25) is 0 Å². The van der Waals surface area contributed by atoms with Crippen LogP contribution < -0.4 is 0 Å². The SMILES string of the molecule is Cc1ccc(C(=O)N2CCCCC2c2cc(C)nc(-c3c(C)noc3C)n2)cn1.